The molecule has 1 aromatic carbocycles. The normalized spacial score (nSPS) is 20.9. The summed E-state index contributed by atoms with van der Waals surface area (Å²) >= 11 is 3.50. The summed E-state index contributed by atoms with van der Waals surface area (Å²) < 4.78 is 1.02. The Morgan fingerprint density at radius 3 is 2.56 bits per heavy atom. The summed E-state index contributed by atoms with van der Waals surface area (Å²) in [6.07, 6.45) is 1.84. The van der Waals surface area contributed by atoms with Gasteiger partial charge in [0.05, 0.1) is 6.10 Å². The van der Waals surface area contributed by atoms with E-state index in [9.17, 15) is 5.11 Å². The molecule has 0 aliphatic carbocycles. The number of piperidine rings is 1. The molecule has 3 heteroatoms. The second-order valence-electron chi connectivity index (χ2n) is 4.61. The molecule has 1 fully saturated rings. The van der Waals surface area contributed by atoms with Crippen molar-refractivity contribution < 1.29 is 5.11 Å². The van der Waals surface area contributed by atoms with Crippen molar-refractivity contribution in [1.29, 1.82) is 0 Å². The molecule has 0 aromatic heterocycles. The van der Waals surface area contributed by atoms with Gasteiger partial charge >= 0.3 is 0 Å². The highest BCUT2D eigenvalue weighted by Crippen LogP contribution is 2.33. The van der Waals surface area contributed by atoms with E-state index in [0.717, 1.165) is 36.0 Å². The number of halogens is 1. The zero-order valence-electron chi connectivity index (χ0n) is 9.56. The fraction of sp³-hybridized carbons (Fsp3) is 0.538. The highest BCUT2D eigenvalue weighted by atomic mass is 79.9. The van der Waals surface area contributed by atoms with Crippen LogP contribution in [0.4, 0.5) is 0 Å². The third-order valence-corrected chi connectivity index (χ3v) is 4.16. The second-order valence-corrected chi connectivity index (χ2v) is 5.46. The van der Waals surface area contributed by atoms with Gasteiger partial charge in [0, 0.05) is 4.47 Å². The monoisotopic (exact) mass is 283 g/mol. The van der Waals surface area contributed by atoms with Crippen molar-refractivity contribution >= 4 is 15.9 Å². The van der Waals surface area contributed by atoms with Gasteiger partial charge in [-0.1, -0.05) is 34.1 Å². The molecular weight excluding hydrogens is 266 g/mol. The summed E-state index contributed by atoms with van der Waals surface area (Å²) in [5.74, 6) is 0.398. The maximum absolute atomic E-state index is 10.4. The molecular formula is C13H18BrNO. The molecule has 0 amide bonds. The average molecular weight is 284 g/mol. The first-order chi connectivity index (χ1) is 7.68. The predicted octanol–water partition coefficient (Wildman–Crippen LogP) is 2.82. The number of hydrogen-bond acceptors (Lipinski definition) is 2. The van der Waals surface area contributed by atoms with Crippen molar-refractivity contribution in [3.8, 4) is 0 Å². The Morgan fingerprint density at radius 1 is 1.31 bits per heavy atom. The largest absolute Gasteiger partial charge is 0.388 e. The van der Waals surface area contributed by atoms with Crippen molar-refractivity contribution in [3.05, 3.63) is 34.3 Å². The maximum atomic E-state index is 10.4. The Kier molecular flexibility index (Phi) is 4.00. The highest BCUT2D eigenvalue weighted by molar-refractivity contribution is 9.10. The van der Waals surface area contributed by atoms with E-state index in [-0.39, 0.29) is 6.10 Å². The van der Waals surface area contributed by atoms with Crippen LogP contribution in [0.15, 0.2) is 28.7 Å². The third kappa shape index (κ3) is 2.65. The average Bonchev–Trinajstić information content (AvgIpc) is 2.30. The molecule has 16 heavy (non-hydrogen) atoms. The van der Waals surface area contributed by atoms with E-state index in [1.807, 2.05) is 24.3 Å². The van der Waals surface area contributed by atoms with Crippen LogP contribution in [0.3, 0.4) is 0 Å². The van der Waals surface area contributed by atoms with Gasteiger partial charge in [0.15, 0.2) is 0 Å². The third-order valence-electron chi connectivity index (χ3n) is 3.43. The molecule has 88 valence electrons. The summed E-state index contributed by atoms with van der Waals surface area (Å²) in [6.45, 7) is 2.18. The minimum atomic E-state index is -0.329. The zero-order chi connectivity index (χ0) is 11.5. The van der Waals surface area contributed by atoms with Crippen LogP contribution in [0.2, 0.25) is 0 Å². The second kappa shape index (κ2) is 5.30. The Labute approximate surface area is 105 Å². The molecule has 2 nitrogen and oxygen atoms in total. The van der Waals surface area contributed by atoms with E-state index < -0.39 is 0 Å². The van der Waals surface area contributed by atoms with Gasteiger partial charge in [0.1, 0.15) is 0 Å². The molecule has 2 rings (SSSR count). The minimum Gasteiger partial charge on any atom is -0.388 e. The molecule has 0 spiro atoms. The van der Waals surface area contributed by atoms with Gasteiger partial charge in [-0.2, -0.15) is 0 Å². The lowest BCUT2D eigenvalue weighted by atomic mass is 9.88. The van der Waals surface area contributed by atoms with Crippen molar-refractivity contribution in [1.82, 2.24) is 4.90 Å². The zero-order valence-corrected chi connectivity index (χ0v) is 11.2. The number of hydrogen-bond donors (Lipinski definition) is 1. The summed E-state index contributed by atoms with van der Waals surface area (Å²) in [5.41, 5.74) is 1.03. The first-order valence-electron chi connectivity index (χ1n) is 5.79. The molecule has 1 aliphatic heterocycles. The van der Waals surface area contributed by atoms with Gasteiger partial charge in [0.2, 0.25) is 0 Å². The molecule has 1 aromatic rings. The van der Waals surface area contributed by atoms with Crippen molar-refractivity contribution in [2.45, 2.75) is 18.9 Å². The fourth-order valence-electron chi connectivity index (χ4n) is 2.31. The van der Waals surface area contributed by atoms with Crippen LogP contribution in [-0.2, 0) is 0 Å². The van der Waals surface area contributed by atoms with Crippen LogP contribution in [0.1, 0.15) is 24.5 Å². The fourth-order valence-corrected chi connectivity index (χ4v) is 2.83. The molecule has 1 saturated heterocycles. The molecule has 1 aliphatic rings. The topological polar surface area (TPSA) is 23.5 Å². The standard InChI is InChI=1S/C13H18BrNO/c1-15-8-6-10(7-9-15)13(16)11-4-2-3-5-12(11)14/h2-5,10,13,16H,6-9H2,1H3. The molecule has 1 unspecified atom stereocenters. The van der Waals surface area contributed by atoms with Gasteiger partial charge in [-0.3, -0.25) is 0 Å². The van der Waals surface area contributed by atoms with Crippen LogP contribution in [0, 0.1) is 5.92 Å². The maximum Gasteiger partial charge on any atom is 0.0830 e. The molecule has 0 saturated carbocycles. The lowest BCUT2D eigenvalue weighted by molar-refractivity contribution is 0.0652. The Hall–Kier alpha value is -0.380. The molecule has 1 N–H and O–H groups in total. The number of aliphatic hydroxyl groups is 1. The number of likely N-dealkylation sites (tertiary alicyclic amines) is 1. The van der Waals surface area contributed by atoms with Crippen LogP contribution in [0.25, 0.3) is 0 Å². The van der Waals surface area contributed by atoms with Gasteiger partial charge < -0.3 is 10.0 Å². The van der Waals surface area contributed by atoms with E-state index in [1.165, 1.54) is 0 Å². The number of aliphatic hydroxyl groups excluding tert-OH is 1. The lowest BCUT2D eigenvalue weighted by Gasteiger charge is -2.32. The van der Waals surface area contributed by atoms with E-state index in [4.69, 9.17) is 0 Å². The van der Waals surface area contributed by atoms with Crippen molar-refractivity contribution in [2.75, 3.05) is 20.1 Å². The number of benzene rings is 1. The van der Waals surface area contributed by atoms with E-state index in [2.05, 4.69) is 27.9 Å². The summed E-state index contributed by atoms with van der Waals surface area (Å²) in [6, 6.07) is 7.97. The molecule has 0 radical (unpaired) electrons. The first-order valence-corrected chi connectivity index (χ1v) is 6.59. The van der Waals surface area contributed by atoms with Crippen LogP contribution < -0.4 is 0 Å². The molecule has 0 bridgehead atoms. The van der Waals surface area contributed by atoms with Gasteiger partial charge in [-0.15, -0.1) is 0 Å². The summed E-state index contributed by atoms with van der Waals surface area (Å²) in [7, 11) is 2.14. The quantitative estimate of drug-likeness (QED) is 0.902. The number of rotatable bonds is 2. The van der Waals surface area contributed by atoms with Crippen LogP contribution in [0.5, 0.6) is 0 Å². The highest BCUT2D eigenvalue weighted by Gasteiger charge is 2.25. The van der Waals surface area contributed by atoms with Crippen molar-refractivity contribution in [2.24, 2.45) is 5.92 Å². The van der Waals surface area contributed by atoms with Gasteiger partial charge in [-0.25, -0.2) is 0 Å². The molecule has 1 atom stereocenters. The van der Waals surface area contributed by atoms with Crippen LogP contribution in [-0.4, -0.2) is 30.1 Å². The Morgan fingerprint density at radius 2 is 1.94 bits per heavy atom. The van der Waals surface area contributed by atoms with Gasteiger partial charge in [0.25, 0.3) is 0 Å². The summed E-state index contributed by atoms with van der Waals surface area (Å²) in [5, 5.41) is 10.4. The lowest BCUT2D eigenvalue weighted by Crippen LogP contribution is -2.32. The van der Waals surface area contributed by atoms with Crippen LogP contribution >= 0.6 is 15.9 Å². The molecule has 1 heterocycles. The predicted molar refractivity (Wildman–Crippen MR) is 69.3 cm³/mol. The van der Waals surface area contributed by atoms with Crippen molar-refractivity contribution in [3.63, 3.8) is 0 Å². The Balaban J connectivity index is 2.07. The van der Waals surface area contributed by atoms with E-state index in [1.54, 1.807) is 0 Å². The van der Waals surface area contributed by atoms with E-state index >= 15 is 0 Å². The summed E-state index contributed by atoms with van der Waals surface area (Å²) in [4.78, 5) is 2.32. The first kappa shape index (κ1) is 12.1. The number of nitrogens with zero attached hydrogens (tertiary/aromatic N) is 1. The SMILES string of the molecule is CN1CCC(C(O)c2ccccc2Br)CC1. The van der Waals surface area contributed by atoms with Gasteiger partial charge in [-0.05, 0) is 50.5 Å². The smallest absolute Gasteiger partial charge is 0.0830 e. The Bertz CT molecular complexity index is 348. The van der Waals surface area contributed by atoms with E-state index in [0.29, 0.717) is 5.92 Å². The minimum absolute atomic E-state index is 0.329.